The molecule has 1 aliphatic heterocycles. The van der Waals surface area contributed by atoms with Crippen molar-refractivity contribution in [1.82, 2.24) is 0 Å². The van der Waals surface area contributed by atoms with Crippen molar-refractivity contribution in [2.75, 3.05) is 13.2 Å². The molecule has 1 saturated heterocycles. The average Bonchev–Trinajstić information content (AvgIpc) is 3.38. The third-order valence-electron chi connectivity index (χ3n) is 14.3. The first kappa shape index (κ1) is 23.3. The molecule has 1 heterocycles. The lowest BCUT2D eigenvalue weighted by atomic mass is 9.32. The highest BCUT2D eigenvalue weighted by Gasteiger charge is 2.72. The van der Waals surface area contributed by atoms with Crippen LogP contribution in [0, 0.1) is 56.7 Å². The number of hydrogen-bond acceptors (Lipinski definition) is 3. The van der Waals surface area contributed by atoms with Crippen molar-refractivity contribution < 1.29 is 14.9 Å². The summed E-state index contributed by atoms with van der Waals surface area (Å²) in [5.41, 5.74) is 1.30. The number of rotatable bonds is 2. The first-order chi connectivity index (χ1) is 15.4. The number of aliphatic hydroxyl groups is 2. The van der Waals surface area contributed by atoms with Gasteiger partial charge in [-0.1, -0.05) is 34.6 Å². The van der Waals surface area contributed by atoms with Gasteiger partial charge in [-0.15, -0.1) is 0 Å². The molecule has 3 nitrogen and oxygen atoms in total. The monoisotopic (exact) mass is 458 g/mol. The fourth-order valence-corrected chi connectivity index (χ4v) is 12.0. The molecule has 6 aliphatic rings. The van der Waals surface area contributed by atoms with Gasteiger partial charge in [-0.2, -0.15) is 0 Å². The zero-order chi connectivity index (χ0) is 23.7. The molecule has 188 valence electrons. The molecule has 0 amide bonds. The van der Waals surface area contributed by atoms with Crippen LogP contribution in [0.2, 0.25) is 0 Å². The number of epoxide rings is 1. The average molecular weight is 459 g/mol. The van der Waals surface area contributed by atoms with E-state index in [0.717, 1.165) is 24.9 Å². The molecule has 1 unspecified atom stereocenters. The molecule has 0 spiro atoms. The Hall–Kier alpha value is -0.120. The fraction of sp³-hybridized carbons (Fsp3) is 1.00. The molecule has 0 radical (unpaired) electrons. The highest BCUT2D eigenvalue weighted by molar-refractivity contribution is 5.21. The lowest BCUT2D eigenvalue weighted by Crippen LogP contribution is -2.67. The third kappa shape index (κ3) is 2.69. The highest BCUT2D eigenvalue weighted by Crippen LogP contribution is 2.78. The van der Waals surface area contributed by atoms with Gasteiger partial charge >= 0.3 is 0 Å². The molecule has 3 heteroatoms. The highest BCUT2D eigenvalue weighted by atomic mass is 16.6. The van der Waals surface area contributed by atoms with Crippen LogP contribution in [0.25, 0.3) is 0 Å². The normalized spacial score (nSPS) is 61.5. The van der Waals surface area contributed by atoms with Crippen LogP contribution >= 0.6 is 0 Å². The van der Waals surface area contributed by atoms with Crippen molar-refractivity contribution in [2.45, 2.75) is 117 Å². The summed E-state index contributed by atoms with van der Waals surface area (Å²) in [5, 5.41) is 21.7. The summed E-state index contributed by atoms with van der Waals surface area (Å²) in [7, 11) is 0. The molecular formula is C30H50O3. The third-order valence-corrected chi connectivity index (χ3v) is 14.3. The maximum atomic E-state index is 10.9. The summed E-state index contributed by atoms with van der Waals surface area (Å²) in [6.07, 6.45) is 12.2. The fourth-order valence-electron chi connectivity index (χ4n) is 12.0. The van der Waals surface area contributed by atoms with Gasteiger partial charge in [0.05, 0.1) is 18.3 Å². The van der Waals surface area contributed by atoms with E-state index >= 15 is 0 Å². The summed E-state index contributed by atoms with van der Waals surface area (Å²) in [6.45, 7) is 16.4. The van der Waals surface area contributed by atoms with E-state index in [1.807, 2.05) is 0 Å². The van der Waals surface area contributed by atoms with E-state index in [4.69, 9.17) is 4.74 Å². The number of aliphatic hydroxyl groups excluding tert-OH is 2. The van der Waals surface area contributed by atoms with Crippen LogP contribution in [0.4, 0.5) is 0 Å². The molecule has 5 aliphatic carbocycles. The van der Waals surface area contributed by atoms with Crippen LogP contribution in [0.1, 0.15) is 106 Å². The van der Waals surface area contributed by atoms with Gasteiger partial charge < -0.3 is 14.9 Å². The number of fused-ring (bicyclic) bond motifs is 7. The van der Waals surface area contributed by atoms with E-state index < -0.39 is 0 Å². The Balaban J connectivity index is 1.39. The summed E-state index contributed by atoms with van der Waals surface area (Å²) in [5.74, 6) is 3.36. The summed E-state index contributed by atoms with van der Waals surface area (Å²) in [4.78, 5) is 0. The van der Waals surface area contributed by atoms with Gasteiger partial charge in [0.15, 0.2) is 0 Å². The van der Waals surface area contributed by atoms with E-state index in [9.17, 15) is 10.2 Å². The maximum Gasteiger partial charge on any atom is 0.0919 e. The van der Waals surface area contributed by atoms with Crippen molar-refractivity contribution in [3.05, 3.63) is 0 Å². The zero-order valence-electron chi connectivity index (χ0n) is 22.3. The van der Waals surface area contributed by atoms with E-state index in [0.29, 0.717) is 40.6 Å². The number of hydrogen-bond donors (Lipinski definition) is 2. The molecule has 6 fully saturated rings. The molecule has 0 aromatic heterocycles. The second-order valence-corrected chi connectivity index (χ2v) is 15.3. The first-order valence-electron chi connectivity index (χ1n) is 14.3. The molecule has 2 N–H and O–H groups in total. The predicted molar refractivity (Wildman–Crippen MR) is 132 cm³/mol. The van der Waals surface area contributed by atoms with Crippen LogP contribution < -0.4 is 0 Å². The van der Waals surface area contributed by atoms with Gasteiger partial charge in [-0.05, 0) is 128 Å². The largest absolute Gasteiger partial charge is 0.396 e. The molecule has 0 aromatic rings. The number of ether oxygens (including phenoxy) is 1. The summed E-state index contributed by atoms with van der Waals surface area (Å²) in [6, 6.07) is 0. The smallest absolute Gasteiger partial charge is 0.0919 e. The van der Waals surface area contributed by atoms with Crippen LogP contribution in [0.15, 0.2) is 0 Å². The van der Waals surface area contributed by atoms with Crippen molar-refractivity contribution in [3.63, 3.8) is 0 Å². The Morgan fingerprint density at radius 3 is 2.12 bits per heavy atom. The minimum absolute atomic E-state index is 0.0269. The SMILES string of the molecule is CC1([C@@H]2CC[C@]3(CO)CC[C@]4(C)[C@H](CC[C@@H]5[C@@]6(C)CC[C@H](O)C(C)(C)[C@@H]6CC[C@]54C)[C@@H]23)CO1. The van der Waals surface area contributed by atoms with E-state index in [2.05, 4.69) is 41.5 Å². The van der Waals surface area contributed by atoms with E-state index in [-0.39, 0.29) is 22.5 Å². The Kier molecular flexibility index (Phi) is 4.80. The Morgan fingerprint density at radius 1 is 0.727 bits per heavy atom. The van der Waals surface area contributed by atoms with Gasteiger partial charge in [-0.25, -0.2) is 0 Å². The molecular weight excluding hydrogens is 408 g/mol. The predicted octanol–water partition coefficient (Wildman–Crippen LogP) is 6.21. The van der Waals surface area contributed by atoms with Crippen molar-refractivity contribution >= 4 is 0 Å². The van der Waals surface area contributed by atoms with Crippen molar-refractivity contribution in [3.8, 4) is 0 Å². The standard InChI is InChI=1S/C30H50O3/c1-25(2)21-10-13-28(5)22(26(21,3)12-11-23(25)32)8-7-19-24-20(29(6)18-33-29)9-14-30(24,17-31)16-15-27(19,28)4/h19-24,31-32H,7-18H2,1-6H3/t19-,20-,21+,22-,23+,24+,26+,27-,28-,29?,30-/m1/s1. The maximum absolute atomic E-state index is 10.9. The lowest BCUT2D eigenvalue weighted by molar-refractivity contribution is -0.251. The van der Waals surface area contributed by atoms with Gasteiger partial charge in [0.1, 0.15) is 0 Å². The second kappa shape index (κ2) is 6.80. The quantitative estimate of drug-likeness (QED) is 0.484. The Labute approximate surface area is 202 Å². The minimum atomic E-state index is -0.148. The molecule has 33 heavy (non-hydrogen) atoms. The Bertz CT molecular complexity index is 817. The van der Waals surface area contributed by atoms with Gasteiger partial charge in [0.25, 0.3) is 0 Å². The molecule has 6 rings (SSSR count). The molecule has 0 aromatic carbocycles. The Morgan fingerprint density at radius 2 is 1.45 bits per heavy atom. The topological polar surface area (TPSA) is 53.0 Å². The van der Waals surface area contributed by atoms with Crippen molar-refractivity contribution in [1.29, 1.82) is 0 Å². The van der Waals surface area contributed by atoms with Crippen LogP contribution in [0.3, 0.4) is 0 Å². The van der Waals surface area contributed by atoms with Gasteiger partial charge in [-0.3, -0.25) is 0 Å². The second-order valence-electron chi connectivity index (χ2n) is 15.3. The van der Waals surface area contributed by atoms with Crippen LogP contribution in [0.5, 0.6) is 0 Å². The lowest BCUT2D eigenvalue weighted by Gasteiger charge is -2.73. The van der Waals surface area contributed by atoms with E-state index in [1.165, 1.54) is 57.8 Å². The molecule has 11 atom stereocenters. The molecule has 5 saturated carbocycles. The summed E-state index contributed by atoms with van der Waals surface area (Å²) >= 11 is 0. The van der Waals surface area contributed by atoms with Crippen molar-refractivity contribution in [2.24, 2.45) is 56.7 Å². The zero-order valence-corrected chi connectivity index (χ0v) is 22.3. The first-order valence-corrected chi connectivity index (χ1v) is 14.3. The van der Waals surface area contributed by atoms with Crippen LogP contribution in [-0.4, -0.2) is 35.1 Å². The summed E-state index contributed by atoms with van der Waals surface area (Å²) < 4.78 is 6.08. The van der Waals surface area contributed by atoms with Crippen LogP contribution in [-0.2, 0) is 4.74 Å². The van der Waals surface area contributed by atoms with E-state index in [1.54, 1.807) is 0 Å². The van der Waals surface area contributed by atoms with Gasteiger partial charge in [0, 0.05) is 6.61 Å². The molecule has 0 bridgehead atoms. The minimum Gasteiger partial charge on any atom is -0.396 e. The van der Waals surface area contributed by atoms with Gasteiger partial charge in [0.2, 0.25) is 0 Å².